The van der Waals surface area contributed by atoms with Crippen LogP contribution in [0.15, 0.2) is 47.4 Å². The van der Waals surface area contributed by atoms with Gasteiger partial charge in [-0.15, -0.1) is 0 Å². The summed E-state index contributed by atoms with van der Waals surface area (Å²) in [4.78, 5) is 12.0. The minimum Gasteiger partial charge on any atom is -0.351 e. The smallest absolute Gasteiger partial charge is 0.242 e. The molecule has 0 unspecified atom stereocenters. The average Bonchev–Trinajstić information content (AvgIpc) is 2.55. The van der Waals surface area contributed by atoms with E-state index in [4.69, 9.17) is 34.8 Å². The minimum absolute atomic E-state index is 0.0144. The number of sulfonamides is 1. The van der Waals surface area contributed by atoms with Gasteiger partial charge in [-0.05, 0) is 36.8 Å². The minimum atomic E-state index is -4.00. The first-order valence-corrected chi connectivity index (χ1v) is 9.81. The molecule has 1 amide bonds. The molecular weight excluding hydrogens is 407 g/mol. The summed E-state index contributed by atoms with van der Waals surface area (Å²) in [6.07, 6.45) is 0. The van der Waals surface area contributed by atoms with E-state index in [0.29, 0.717) is 5.02 Å². The quantitative estimate of drug-likeness (QED) is 0.748. The molecule has 2 N–H and O–H groups in total. The zero-order valence-corrected chi connectivity index (χ0v) is 16.2. The van der Waals surface area contributed by atoms with E-state index in [9.17, 15) is 13.2 Å². The Kier molecular flexibility index (Phi) is 6.71. The van der Waals surface area contributed by atoms with E-state index in [1.807, 2.05) is 0 Å². The number of rotatable bonds is 6. The second-order valence-corrected chi connectivity index (χ2v) is 8.16. The Morgan fingerprint density at radius 2 is 1.76 bits per heavy atom. The second-order valence-electron chi connectivity index (χ2n) is 5.23. The molecule has 0 heterocycles. The van der Waals surface area contributed by atoms with Crippen molar-refractivity contribution in [1.29, 1.82) is 0 Å². The maximum atomic E-state index is 12.4. The van der Waals surface area contributed by atoms with Crippen molar-refractivity contribution in [3.8, 4) is 0 Å². The van der Waals surface area contributed by atoms with Crippen molar-refractivity contribution in [2.75, 3.05) is 0 Å². The van der Waals surface area contributed by atoms with Crippen LogP contribution >= 0.6 is 34.8 Å². The number of carbonyl (C=O) groups excluding carboxylic acids is 1. The van der Waals surface area contributed by atoms with Crippen LogP contribution < -0.4 is 10.0 Å². The summed E-state index contributed by atoms with van der Waals surface area (Å²) in [6, 6.07) is 10.1. The zero-order valence-electron chi connectivity index (χ0n) is 13.1. The van der Waals surface area contributed by atoms with Gasteiger partial charge in [-0.2, -0.15) is 4.72 Å². The molecule has 1 atom stereocenters. The zero-order chi connectivity index (χ0) is 18.6. The fraction of sp³-hybridized carbons (Fsp3) is 0.188. The van der Waals surface area contributed by atoms with E-state index in [1.54, 1.807) is 24.3 Å². The number of hydrogen-bond donors (Lipinski definition) is 2. The largest absolute Gasteiger partial charge is 0.351 e. The number of amides is 1. The molecule has 25 heavy (non-hydrogen) atoms. The van der Waals surface area contributed by atoms with Gasteiger partial charge in [-0.25, -0.2) is 8.42 Å². The van der Waals surface area contributed by atoms with Gasteiger partial charge < -0.3 is 5.32 Å². The summed E-state index contributed by atoms with van der Waals surface area (Å²) in [5, 5.41) is 3.38. The Bertz CT molecular complexity index is 888. The molecule has 2 aromatic rings. The fourth-order valence-electron chi connectivity index (χ4n) is 2.01. The van der Waals surface area contributed by atoms with Crippen LogP contribution in [0.4, 0.5) is 0 Å². The number of nitrogens with one attached hydrogen (secondary N) is 2. The van der Waals surface area contributed by atoms with Crippen LogP contribution in [0.25, 0.3) is 0 Å². The summed E-state index contributed by atoms with van der Waals surface area (Å²) in [5.74, 6) is -0.498. The summed E-state index contributed by atoms with van der Waals surface area (Å²) >= 11 is 17.7. The van der Waals surface area contributed by atoms with Crippen molar-refractivity contribution in [1.82, 2.24) is 10.0 Å². The third-order valence-corrected chi connectivity index (χ3v) is 5.94. The topological polar surface area (TPSA) is 75.3 Å². The normalized spacial score (nSPS) is 12.6. The first-order valence-electron chi connectivity index (χ1n) is 7.19. The van der Waals surface area contributed by atoms with Crippen molar-refractivity contribution >= 4 is 50.7 Å². The summed E-state index contributed by atoms with van der Waals surface area (Å²) in [6.45, 7) is 1.61. The van der Waals surface area contributed by atoms with Crippen LogP contribution in [0.1, 0.15) is 12.5 Å². The number of benzene rings is 2. The Morgan fingerprint density at radius 1 is 1.08 bits per heavy atom. The molecule has 2 rings (SSSR count). The van der Waals surface area contributed by atoms with Gasteiger partial charge >= 0.3 is 0 Å². The number of halogens is 3. The van der Waals surface area contributed by atoms with Crippen molar-refractivity contribution in [2.45, 2.75) is 24.4 Å². The lowest BCUT2D eigenvalue weighted by Crippen LogP contribution is -2.44. The van der Waals surface area contributed by atoms with E-state index in [1.165, 1.54) is 25.1 Å². The highest BCUT2D eigenvalue weighted by atomic mass is 35.5. The first kappa shape index (κ1) is 20.0. The maximum Gasteiger partial charge on any atom is 0.242 e. The standard InChI is InChI=1S/C16H15Cl3N2O3S/c1-10(16(22)20-9-11-4-2-3-5-13(11)18)21-25(23,24)15-8-12(17)6-7-14(15)19/h2-8,10,21H,9H2,1H3,(H,20,22)/t10-/m1/s1. The van der Waals surface area contributed by atoms with Gasteiger partial charge in [0.25, 0.3) is 0 Å². The van der Waals surface area contributed by atoms with Crippen LogP contribution in [0.3, 0.4) is 0 Å². The lowest BCUT2D eigenvalue weighted by Gasteiger charge is -2.15. The highest BCUT2D eigenvalue weighted by Gasteiger charge is 2.24. The van der Waals surface area contributed by atoms with Gasteiger partial charge in [-0.1, -0.05) is 53.0 Å². The predicted octanol–water partition coefficient (Wildman–Crippen LogP) is 3.63. The maximum absolute atomic E-state index is 12.4. The average molecular weight is 422 g/mol. The summed E-state index contributed by atoms with van der Waals surface area (Å²) in [5.41, 5.74) is 0.727. The molecule has 5 nitrogen and oxygen atoms in total. The Balaban J connectivity index is 2.05. The molecular formula is C16H15Cl3N2O3S. The summed E-state index contributed by atoms with van der Waals surface area (Å²) in [7, 11) is -4.00. The summed E-state index contributed by atoms with van der Waals surface area (Å²) < 4.78 is 27.1. The van der Waals surface area contributed by atoms with Gasteiger partial charge in [0.15, 0.2) is 0 Å². The first-order chi connectivity index (χ1) is 11.7. The molecule has 0 fully saturated rings. The lowest BCUT2D eigenvalue weighted by molar-refractivity contribution is -0.122. The molecule has 0 saturated carbocycles. The van der Waals surface area contributed by atoms with Crippen LogP contribution in [0.2, 0.25) is 15.1 Å². The van der Waals surface area contributed by atoms with Crippen LogP contribution in [-0.4, -0.2) is 20.4 Å². The molecule has 9 heteroatoms. The molecule has 0 aliphatic carbocycles. The SMILES string of the molecule is C[C@@H](NS(=O)(=O)c1cc(Cl)ccc1Cl)C(=O)NCc1ccccc1Cl. The highest BCUT2D eigenvalue weighted by molar-refractivity contribution is 7.89. The molecule has 0 radical (unpaired) electrons. The third-order valence-electron chi connectivity index (χ3n) is 3.32. The molecule has 0 aliphatic heterocycles. The van der Waals surface area contributed by atoms with Crippen LogP contribution in [0.5, 0.6) is 0 Å². The number of carbonyl (C=O) groups is 1. The molecule has 0 aromatic heterocycles. The molecule has 134 valence electrons. The van der Waals surface area contributed by atoms with Crippen LogP contribution in [-0.2, 0) is 21.4 Å². The van der Waals surface area contributed by atoms with Crippen molar-refractivity contribution in [3.05, 3.63) is 63.1 Å². The Morgan fingerprint density at radius 3 is 2.44 bits per heavy atom. The van der Waals surface area contributed by atoms with Gasteiger partial charge in [0, 0.05) is 16.6 Å². The van der Waals surface area contributed by atoms with E-state index in [2.05, 4.69) is 10.0 Å². The number of hydrogen-bond acceptors (Lipinski definition) is 3. The Hall–Kier alpha value is -1.31. The fourth-order valence-corrected chi connectivity index (χ4v) is 4.18. The van der Waals surface area contributed by atoms with Gasteiger partial charge in [-0.3, -0.25) is 4.79 Å². The second kappa shape index (κ2) is 8.38. The van der Waals surface area contributed by atoms with Gasteiger partial charge in [0.05, 0.1) is 11.1 Å². The molecule has 0 aliphatic rings. The van der Waals surface area contributed by atoms with Crippen molar-refractivity contribution < 1.29 is 13.2 Å². The van der Waals surface area contributed by atoms with Crippen molar-refractivity contribution in [2.24, 2.45) is 0 Å². The van der Waals surface area contributed by atoms with Crippen LogP contribution in [0, 0.1) is 0 Å². The lowest BCUT2D eigenvalue weighted by atomic mass is 10.2. The van der Waals surface area contributed by atoms with Crippen molar-refractivity contribution in [3.63, 3.8) is 0 Å². The van der Waals surface area contributed by atoms with E-state index in [0.717, 1.165) is 5.56 Å². The molecule has 2 aromatic carbocycles. The van der Waals surface area contributed by atoms with Gasteiger partial charge in [0.1, 0.15) is 4.90 Å². The third kappa shape index (κ3) is 5.33. The predicted molar refractivity (Wildman–Crippen MR) is 99.5 cm³/mol. The van der Waals surface area contributed by atoms with E-state index in [-0.39, 0.29) is 21.5 Å². The van der Waals surface area contributed by atoms with E-state index < -0.39 is 22.0 Å². The molecule has 0 spiro atoms. The molecule has 0 bridgehead atoms. The van der Waals surface area contributed by atoms with E-state index >= 15 is 0 Å². The van der Waals surface area contributed by atoms with Gasteiger partial charge in [0.2, 0.25) is 15.9 Å². The molecule has 0 saturated heterocycles. The Labute approximate surface area is 161 Å². The highest BCUT2D eigenvalue weighted by Crippen LogP contribution is 2.25. The monoisotopic (exact) mass is 420 g/mol.